The molecule has 0 amide bonds. The summed E-state index contributed by atoms with van der Waals surface area (Å²) in [6.45, 7) is 28.1. The van der Waals surface area contributed by atoms with Crippen LogP contribution in [0.2, 0.25) is 78.6 Å². The van der Waals surface area contributed by atoms with Gasteiger partial charge in [0, 0.05) is 55.7 Å². The molecule has 0 saturated carbocycles. The van der Waals surface area contributed by atoms with E-state index in [9.17, 15) is 4.79 Å². The average molecular weight is 1370 g/mol. The van der Waals surface area contributed by atoms with Crippen molar-refractivity contribution in [2.24, 2.45) is 26.9 Å². The molecule has 1 atom stereocenters. The second-order valence-electron chi connectivity index (χ2n) is 26.8. The number of rotatable bonds is 23. The fourth-order valence-corrected chi connectivity index (χ4v) is 12.8. The highest BCUT2D eigenvalue weighted by atomic mass is 28.4. The zero-order valence-corrected chi connectivity index (χ0v) is 62.7. The summed E-state index contributed by atoms with van der Waals surface area (Å²) in [5.74, 6) is 3.23. The van der Waals surface area contributed by atoms with Crippen LogP contribution in [-0.2, 0) is 68.6 Å². The number of aldehydes is 1. The molecule has 0 radical (unpaired) electrons. The molecular formula is C67H96N16O8Si4. The van der Waals surface area contributed by atoms with Gasteiger partial charge in [0.15, 0.2) is 28.6 Å². The Balaban J connectivity index is 0.000000190. The Kier molecular flexibility index (Phi) is 27.5. The maximum Gasteiger partial charge on any atom is 0.184 e. The quantitative estimate of drug-likeness (QED) is 0.0445. The summed E-state index contributed by atoms with van der Waals surface area (Å²) in [4.78, 5) is 10.8. The van der Waals surface area contributed by atoms with E-state index >= 15 is 0 Å². The minimum Gasteiger partial charge on any atom is -0.497 e. The van der Waals surface area contributed by atoms with Crippen molar-refractivity contribution in [1.29, 1.82) is 0 Å². The number of carbonyl (C=O) groups is 1. The molecule has 0 aliphatic carbocycles. The van der Waals surface area contributed by atoms with E-state index in [0.29, 0.717) is 36.6 Å². The number of methoxy groups -OCH3 is 4. The molecular weight excluding hydrogens is 1270 g/mol. The lowest BCUT2D eigenvalue weighted by molar-refractivity contribution is 0.111. The van der Waals surface area contributed by atoms with Crippen molar-refractivity contribution in [3.63, 3.8) is 0 Å². The Morgan fingerprint density at radius 3 is 1.36 bits per heavy atom. The molecule has 95 heavy (non-hydrogen) atoms. The van der Waals surface area contributed by atoms with Crippen LogP contribution in [0.3, 0.4) is 0 Å². The molecule has 24 nitrogen and oxygen atoms in total. The fraction of sp³-hybridized carbons (Fsp3) is 0.388. The SMILES string of the molecule is COc1ccc(-c2c(C(N)Cc3ccccc3)nnn2C)cc1.COc1ccc(-c2c(C=O)nnn2C)cc1.COc1ccc(-c2c(CO)nnn2C)cc1.COc1ccc(-c2c(CO[Si](C)(C)C)nnn2C[Si](C)(C)C)cc1.C[Si](C)(C)Cn1cc(CO[Si](C)(C)C)nn1. The number of aromatic nitrogens is 15. The van der Waals surface area contributed by atoms with Crippen LogP contribution in [0, 0.1) is 0 Å². The third-order valence-electron chi connectivity index (χ3n) is 13.9. The van der Waals surface area contributed by atoms with Gasteiger partial charge in [-0.2, -0.15) is 0 Å². The van der Waals surface area contributed by atoms with Gasteiger partial charge in [0.05, 0.1) is 99.4 Å². The van der Waals surface area contributed by atoms with Crippen LogP contribution < -0.4 is 24.7 Å². The molecule has 0 aliphatic heterocycles. The minimum atomic E-state index is -1.60. The minimum absolute atomic E-state index is 0.116. The number of aryl methyl sites for hydroxylation is 3. The lowest BCUT2D eigenvalue weighted by atomic mass is 10.00. The summed E-state index contributed by atoms with van der Waals surface area (Å²) in [6, 6.07) is 40.8. The Bertz CT molecular complexity index is 3930. The molecule has 0 fully saturated rings. The normalized spacial score (nSPS) is 11.8. The number of ether oxygens (including phenoxy) is 4. The van der Waals surface area contributed by atoms with Gasteiger partial charge in [-0.1, -0.05) is 95.7 Å². The summed E-state index contributed by atoms with van der Waals surface area (Å²) >= 11 is 0. The van der Waals surface area contributed by atoms with Crippen molar-refractivity contribution < 1.29 is 37.7 Å². The number of aliphatic hydroxyl groups is 1. The van der Waals surface area contributed by atoms with Crippen molar-refractivity contribution in [3.8, 4) is 68.0 Å². The molecule has 0 bridgehead atoms. The molecule has 10 rings (SSSR count). The van der Waals surface area contributed by atoms with E-state index in [4.69, 9.17) is 38.6 Å². The zero-order valence-electron chi connectivity index (χ0n) is 58.7. The monoisotopic (exact) mass is 1360 g/mol. The molecule has 5 heterocycles. The Hall–Kier alpha value is -8.62. The standard InChI is InChI=1S/C18H20N4O.C17H29N3O2Si2.C11H13N3O2.C11H11N3O2.C10H23N3OSi2/c1-22-18(14-8-10-15(23-2)11-9-14)17(20-21-22)16(19)12-13-6-4-3-5-7-13;1-21-15-10-8-14(9-11-15)17-16(12-22-24(5,6)7)18-19-20(17)13-23(2,3)4;2*1-14-11(10(7-15)12-13-14)8-3-5-9(16-2)6-4-8;1-15(2,3)9-13-7-10(11-12-13)8-14-16(4,5)6/h3-11,16H,12,19H2,1-2H3;8-11H,12-13H2,1-7H3;3-6,15H,7H2,1-2H3;3-7H,1-2H3;7H,8-9H2,1-6H3. The number of hydrogen-bond donors (Lipinski definition) is 2. The summed E-state index contributed by atoms with van der Waals surface area (Å²) in [6.07, 6.45) is 5.40. The summed E-state index contributed by atoms with van der Waals surface area (Å²) in [5.41, 5.74) is 18.7. The molecule has 3 N–H and O–H groups in total. The molecule has 5 aromatic carbocycles. The van der Waals surface area contributed by atoms with E-state index in [2.05, 4.69) is 159 Å². The van der Waals surface area contributed by atoms with Gasteiger partial charge in [-0.05, 0) is 148 Å². The van der Waals surface area contributed by atoms with Crippen LogP contribution in [-0.4, -0.2) is 148 Å². The van der Waals surface area contributed by atoms with Gasteiger partial charge in [-0.15, -0.1) is 25.5 Å². The van der Waals surface area contributed by atoms with Crippen LogP contribution in [0.5, 0.6) is 23.0 Å². The lowest BCUT2D eigenvalue weighted by Crippen LogP contribution is -2.29. The van der Waals surface area contributed by atoms with Crippen molar-refractivity contribution >= 4 is 39.1 Å². The topological polar surface area (TPSA) is 272 Å². The predicted molar refractivity (Wildman–Crippen MR) is 382 cm³/mol. The van der Waals surface area contributed by atoms with Gasteiger partial charge in [0.2, 0.25) is 0 Å². The van der Waals surface area contributed by atoms with Crippen LogP contribution in [0.4, 0.5) is 0 Å². The van der Waals surface area contributed by atoms with Crippen LogP contribution in [0.1, 0.15) is 44.9 Å². The van der Waals surface area contributed by atoms with E-state index in [-0.39, 0.29) is 12.6 Å². The molecule has 508 valence electrons. The smallest absolute Gasteiger partial charge is 0.184 e. The third kappa shape index (κ3) is 23.7. The van der Waals surface area contributed by atoms with Gasteiger partial charge in [0.25, 0.3) is 0 Å². The number of aliphatic hydroxyl groups excluding tert-OH is 1. The maximum atomic E-state index is 10.8. The van der Waals surface area contributed by atoms with Crippen molar-refractivity contribution in [1.82, 2.24) is 75.0 Å². The molecule has 0 saturated heterocycles. The van der Waals surface area contributed by atoms with Gasteiger partial charge < -0.3 is 38.6 Å². The highest BCUT2D eigenvalue weighted by molar-refractivity contribution is 6.75. The van der Waals surface area contributed by atoms with Crippen molar-refractivity contribution in [2.45, 2.75) is 123 Å². The predicted octanol–water partition coefficient (Wildman–Crippen LogP) is 11.7. The first kappa shape index (κ1) is 75.4. The zero-order chi connectivity index (χ0) is 69.7. The summed E-state index contributed by atoms with van der Waals surface area (Å²) in [5, 5.41) is 50.1. The molecule has 10 aromatic rings. The average Bonchev–Trinajstić information content (AvgIpc) is 1.73. The van der Waals surface area contributed by atoms with Gasteiger partial charge in [0.1, 0.15) is 45.8 Å². The van der Waals surface area contributed by atoms with Crippen molar-refractivity contribution in [2.75, 3.05) is 28.4 Å². The van der Waals surface area contributed by atoms with E-state index in [0.717, 1.165) is 98.2 Å². The highest BCUT2D eigenvalue weighted by Crippen LogP contribution is 2.31. The van der Waals surface area contributed by atoms with Crippen molar-refractivity contribution in [3.05, 3.63) is 168 Å². The highest BCUT2D eigenvalue weighted by Gasteiger charge is 2.25. The maximum absolute atomic E-state index is 10.8. The Labute approximate surface area is 563 Å². The van der Waals surface area contributed by atoms with E-state index in [1.54, 1.807) is 56.6 Å². The number of carbonyl (C=O) groups excluding carboxylic acids is 1. The largest absolute Gasteiger partial charge is 0.497 e. The number of benzene rings is 5. The Morgan fingerprint density at radius 2 is 0.895 bits per heavy atom. The van der Waals surface area contributed by atoms with Crippen LogP contribution in [0.25, 0.3) is 45.0 Å². The second-order valence-corrected chi connectivity index (χ2v) is 46.7. The van der Waals surface area contributed by atoms with Crippen LogP contribution in [0.15, 0.2) is 134 Å². The Morgan fingerprint density at radius 1 is 0.474 bits per heavy atom. The molecule has 0 aliphatic rings. The van der Waals surface area contributed by atoms with E-state index in [1.807, 2.05) is 121 Å². The van der Waals surface area contributed by atoms with Gasteiger partial charge >= 0.3 is 0 Å². The fourth-order valence-electron chi connectivity index (χ4n) is 9.43. The van der Waals surface area contributed by atoms with Gasteiger partial charge in [-0.25, -0.2) is 18.7 Å². The molecule has 1 unspecified atom stereocenters. The molecule has 28 heteroatoms. The van der Waals surface area contributed by atoms with Crippen LogP contribution >= 0.6 is 0 Å². The van der Waals surface area contributed by atoms with Gasteiger partial charge in [-0.3, -0.25) is 9.48 Å². The molecule has 0 spiro atoms. The number of nitrogens with zero attached hydrogens (tertiary/aromatic N) is 15. The third-order valence-corrected chi connectivity index (χ3v) is 18.5. The summed E-state index contributed by atoms with van der Waals surface area (Å²) < 4.78 is 41.5. The van der Waals surface area contributed by atoms with E-state index < -0.39 is 32.8 Å². The number of hydrogen-bond acceptors (Lipinski definition) is 19. The second kappa shape index (κ2) is 34.7. The molecule has 5 aromatic heterocycles. The van der Waals surface area contributed by atoms with E-state index in [1.165, 1.54) is 5.56 Å². The first-order valence-corrected chi connectivity index (χ1v) is 45.4. The first-order chi connectivity index (χ1) is 44.9. The lowest BCUT2D eigenvalue weighted by Gasteiger charge is -2.19. The summed E-state index contributed by atoms with van der Waals surface area (Å²) in [7, 11) is 6.51. The first-order valence-electron chi connectivity index (χ1n) is 31.2. The number of nitrogens with two attached hydrogens (primary N) is 1.